The van der Waals surface area contributed by atoms with Gasteiger partial charge in [0, 0.05) is 0 Å². The number of fused-ring (bicyclic) bond motifs is 4. The largest absolute Gasteiger partial charge is 0.0616 e. The van der Waals surface area contributed by atoms with Crippen LogP contribution >= 0.6 is 0 Å². The average molecular weight is 771 g/mol. The van der Waals surface area contributed by atoms with Crippen molar-refractivity contribution in [2.24, 2.45) is 0 Å². The predicted molar refractivity (Wildman–Crippen MR) is 261 cm³/mol. The first kappa shape index (κ1) is 37.5. The highest BCUT2D eigenvalue weighted by Gasteiger charge is 2.18. The van der Waals surface area contributed by atoms with Crippen molar-refractivity contribution in [1.29, 1.82) is 0 Å². The van der Waals surface area contributed by atoms with E-state index in [1.807, 2.05) is 0 Å². The smallest absolute Gasteiger partial charge is 0.00987 e. The number of hydrogen-bond acceptors (Lipinski definition) is 0. The van der Waals surface area contributed by atoms with Crippen molar-refractivity contribution in [1.82, 2.24) is 0 Å². The summed E-state index contributed by atoms with van der Waals surface area (Å²) in [6.07, 6.45) is 0. The van der Waals surface area contributed by atoms with Gasteiger partial charge in [0.15, 0.2) is 0 Å². The van der Waals surface area contributed by atoms with Gasteiger partial charge >= 0.3 is 0 Å². The molecule has 10 aromatic carbocycles. The Labute approximate surface area is 354 Å². The molecule has 0 fully saturated rings. The molecule has 10 rings (SSSR count). The highest BCUT2D eigenvalue weighted by molar-refractivity contribution is 6.15. The summed E-state index contributed by atoms with van der Waals surface area (Å²) < 4.78 is 0. The zero-order valence-corrected chi connectivity index (χ0v) is 35.5. The molecule has 0 aliphatic heterocycles. The van der Waals surface area contributed by atoms with Crippen LogP contribution in [0.15, 0.2) is 194 Å². The molecule has 0 unspecified atom stereocenters. The standard InChI is InChI=1S/C60H50/c1-59(2,3)45-27-23-39(24-28-45)41-19-20-43-38-44(22-21-42(43)37-41)48-32-34-56(52-16-10-8-14-50(48)52)58-36-35-57(53-17-11-12-18-54(53)58)55-33-31-47(49-13-7-9-15-51(49)55)40-25-29-46(30-26-40)60(4,5)6/h7-38H,1-6H3. The first-order valence-corrected chi connectivity index (χ1v) is 21.3. The van der Waals surface area contributed by atoms with Crippen LogP contribution in [0.2, 0.25) is 0 Å². The first-order chi connectivity index (χ1) is 29.0. The summed E-state index contributed by atoms with van der Waals surface area (Å²) in [6.45, 7) is 13.6. The molecular weight excluding hydrogens is 721 g/mol. The quantitative estimate of drug-likeness (QED) is 0.163. The van der Waals surface area contributed by atoms with E-state index < -0.39 is 0 Å². The van der Waals surface area contributed by atoms with Crippen molar-refractivity contribution in [3.8, 4) is 55.6 Å². The summed E-state index contributed by atoms with van der Waals surface area (Å²) in [4.78, 5) is 0. The van der Waals surface area contributed by atoms with Crippen molar-refractivity contribution in [2.45, 2.75) is 52.4 Å². The Morgan fingerprint density at radius 1 is 0.233 bits per heavy atom. The van der Waals surface area contributed by atoms with Gasteiger partial charge in [0.2, 0.25) is 0 Å². The fourth-order valence-electron chi connectivity index (χ4n) is 9.25. The minimum atomic E-state index is 0.120. The molecular formula is C60H50. The molecule has 290 valence electrons. The van der Waals surface area contributed by atoms with E-state index in [0.29, 0.717) is 0 Å². The highest BCUT2D eigenvalue weighted by Crippen LogP contribution is 2.44. The van der Waals surface area contributed by atoms with E-state index in [1.54, 1.807) is 0 Å². The first-order valence-electron chi connectivity index (χ1n) is 21.3. The van der Waals surface area contributed by atoms with Crippen molar-refractivity contribution in [2.75, 3.05) is 0 Å². The van der Waals surface area contributed by atoms with Gasteiger partial charge in [0.25, 0.3) is 0 Å². The molecule has 60 heavy (non-hydrogen) atoms. The molecule has 0 atom stereocenters. The Balaban J connectivity index is 1.03. The molecule has 0 saturated heterocycles. The second-order valence-electron chi connectivity index (χ2n) is 18.6. The highest BCUT2D eigenvalue weighted by atomic mass is 14.2. The molecule has 0 nitrogen and oxygen atoms in total. The average Bonchev–Trinajstić information content (AvgIpc) is 3.27. The molecule has 0 heteroatoms. The van der Waals surface area contributed by atoms with Crippen LogP contribution in [0.4, 0.5) is 0 Å². The van der Waals surface area contributed by atoms with Gasteiger partial charge in [0.1, 0.15) is 0 Å². The summed E-state index contributed by atoms with van der Waals surface area (Å²) in [5.41, 5.74) is 15.5. The summed E-state index contributed by atoms with van der Waals surface area (Å²) >= 11 is 0. The lowest BCUT2D eigenvalue weighted by molar-refractivity contribution is 0.590. The minimum absolute atomic E-state index is 0.120. The molecule has 0 bridgehead atoms. The maximum absolute atomic E-state index is 2.35. The van der Waals surface area contributed by atoms with Crippen molar-refractivity contribution >= 4 is 43.1 Å². The van der Waals surface area contributed by atoms with Gasteiger partial charge in [-0.2, -0.15) is 0 Å². The van der Waals surface area contributed by atoms with Gasteiger partial charge in [0.05, 0.1) is 0 Å². The maximum atomic E-state index is 2.35. The fraction of sp³-hybridized carbons (Fsp3) is 0.133. The Bertz CT molecular complexity index is 3240. The second-order valence-corrected chi connectivity index (χ2v) is 18.6. The van der Waals surface area contributed by atoms with E-state index in [1.165, 1.54) is 110 Å². The topological polar surface area (TPSA) is 0 Å². The SMILES string of the molecule is CC(C)(C)c1ccc(-c2ccc3cc(-c4ccc(-c5ccc(-c6ccc(-c7ccc(C(C)(C)C)cc7)c7ccccc67)c6ccccc56)c5ccccc45)ccc3c2)cc1. The molecule has 0 aliphatic rings. The lowest BCUT2D eigenvalue weighted by atomic mass is 9.85. The Hall–Kier alpha value is -6.76. The number of rotatable bonds is 5. The monoisotopic (exact) mass is 770 g/mol. The van der Waals surface area contributed by atoms with Crippen LogP contribution in [-0.2, 0) is 10.8 Å². The molecule has 0 radical (unpaired) electrons. The van der Waals surface area contributed by atoms with Gasteiger partial charge < -0.3 is 0 Å². The number of benzene rings is 10. The third-order valence-electron chi connectivity index (χ3n) is 12.6. The van der Waals surface area contributed by atoms with Gasteiger partial charge in [-0.05, 0) is 133 Å². The zero-order valence-electron chi connectivity index (χ0n) is 35.5. The lowest BCUT2D eigenvalue weighted by Crippen LogP contribution is -2.10. The third-order valence-corrected chi connectivity index (χ3v) is 12.6. The Kier molecular flexibility index (Phi) is 9.07. The van der Waals surface area contributed by atoms with Crippen LogP contribution in [0.5, 0.6) is 0 Å². The predicted octanol–water partition coefficient (Wildman–Crippen LogP) is 17.2. The molecule has 0 amide bonds. The number of hydrogen-bond donors (Lipinski definition) is 0. The van der Waals surface area contributed by atoms with Gasteiger partial charge in [-0.25, -0.2) is 0 Å². The normalized spacial score (nSPS) is 12.2. The van der Waals surface area contributed by atoms with E-state index in [4.69, 9.17) is 0 Å². The van der Waals surface area contributed by atoms with Gasteiger partial charge in [-0.15, -0.1) is 0 Å². The van der Waals surface area contributed by atoms with E-state index >= 15 is 0 Å². The van der Waals surface area contributed by atoms with Crippen LogP contribution in [-0.4, -0.2) is 0 Å². The third kappa shape index (κ3) is 6.67. The van der Waals surface area contributed by atoms with E-state index in [-0.39, 0.29) is 10.8 Å². The maximum Gasteiger partial charge on any atom is -0.00987 e. The minimum Gasteiger partial charge on any atom is -0.0616 e. The van der Waals surface area contributed by atoms with Crippen LogP contribution in [0, 0.1) is 0 Å². The van der Waals surface area contributed by atoms with Crippen molar-refractivity contribution in [3.05, 3.63) is 205 Å². The molecule has 0 heterocycles. The summed E-state index contributed by atoms with van der Waals surface area (Å²) in [7, 11) is 0. The lowest BCUT2D eigenvalue weighted by Gasteiger charge is -2.20. The molecule has 0 aromatic heterocycles. The van der Waals surface area contributed by atoms with E-state index in [9.17, 15) is 0 Å². The summed E-state index contributed by atoms with van der Waals surface area (Å²) in [5.74, 6) is 0. The Morgan fingerprint density at radius 2 is 0.517 bits per heavy atom. The summed E-state index contributed by atoms with van der Waals surface area (Å²) in [6, 6.07) is 72.7. The van der Waals surface area contributed by atoms with Gasteiger partial charge in [-0.3, -0.25) is 0 Å². The van der Waals surface area contributed by atoms with E-state index in [0.717, 1.165) is 0 Å². The van der Waals surface area contributed by atoms with Crippen molar-refractivity contribution in [3.63, 3.8) is 0 Å². The zero-order chi connectivity index (χ0) is 41.2. The Morgan fingerprint density at radius 3 is 0.900 bits per heavy atom. The summed E-state index contributed by atoms with van der Waals surface area (Å²) in [5, 5.41) is 10.1. The molecule has 0 aliphatic carbocycles. The second kappa shape index (κ2) is 14.5. The fourth-order valence-corrected chi connectivity index (χ4v) is 9.25. The molecule has 10 aromatic rings. The molecule has 0 spiro atoms. The van der Waals surface area contributed by atoms with Crippen LogP contribution in [0.25, 0.3) is 98.7 Å². The van der Waals surface area contributed by atoms with Gasteiger partial charge in [-0.1, -0.05) is 224 Å². The van der Waals surface area contributed by atoms with Crippen LogP contribution in [0.3, 0.4) is 0 Å². The van der Waals surface area contributed by atoms with Crippen LogP contribution in [0.1, 0.15) is 52.7 Å². The van der Waals surface area contributed by atoms with E-state index in [2.05, 4.69) is 236 Å². The van der Waals surface area contributed by atoms with Crippen LogP contribution < -0.4 is 0 Å². The molecule has 0 saturated carbocycles. The van der Waals surface area contributed by atoms with Crippen molar-refractivity contribution < 1.29 is 0 Å². The molecule has 0 N–H and O–H groups in total.